The fraction of sp³-hybridized carbons (Fsp3) is 0.217. The van der Waals surface area contributed by atoms with E-state index in [1.54, 1.807) is 31.4 Å². The lowest BCUT2D eigenvalue weighted by molar-refractivity contribution is 0.0397. The molecule has 0 radical (unpaired) electrons. The Morgan fingerprint density at radius 2 is 1.90 bits per heavy atom. The lowest BCUT2D eigenvalue weighted by Crippen LogP contribution is -2.21. The molecule has 2 aromatic carbocycles. The van der Waals surface area contributed by atoms with Crippen molar-refractivity contribution in [3.05, 3.63) is 76.6 Å². The summed E-state index contributed by atoms with van der Waals surface area (Å²) in [6.07, 6.45) is 0.891. The van der Waals surface area contributed by atoms with Gasteiger partial charge in [0.1, 0.15) is 11.4 Å². The molecule has 0 fully saturated rings. The topological polar surface area (TPSA) is 79.4 Å². The van der Waals surface area contributed by atoms with Crippen molar-refractivity contribution < 1.29 is 14.3 Å². The van der Waals surface area contributed by atoms with Crippen LogP contribution in [-0.4, -0.2) is 28.9 Å². The van der Waals surface area contributed by atoms with Crippen LogP contribution in [0, 0.1) is 11.8 Å². The average Bonchev–Trinajstić information content (AvgIpc) is 3.10. The van der Waals surface area contributed by atoms with E-state index in [2.05, 4.69) is 18.8 Å². The highest BCUT2D eigenvalue weighted by Crippen LogP contribution is 2.27. The SMILES string of the molecule is COc1ccc(-n2nc(C#Cc3ccc(C(N)=O)cc3)c3c2C[C@H](C)OC3)cc1. The second-order valence-electron chi connectivity index (χ2n) is 6.90. The molecule has 0 unspecified atom stereocenters. The standard InChI is InChI=1S/C23H21N3O3/c1-15-13-22-20(14-29-15)21(12-5-16-3-6-17(7-4-16)23(24)27)25-26(22)18-8-10-19(28-2)11-9-18/h3-4,6-11,15H,13-14H2,1-2H3,(H2,24,27)/t15-/m0/s1. The number of fused-ring (bicyclic) bond motifs is 1. The fourth-order valence-corrected chi connectivity index (χ4v) is 3.29. The van der Waals surface area contributed by atoms with Crippen LogP contribution in [0.25, 0.3) is 5.69 Å². The summed E-state index contributed by atoms with van der Waals surface area (Å²) in [6, 6.07) is 14.7. The number of hydrogen-bond acceptors (Lipinski definition) is 4. The van der Waals surface area contributed by atoms with Gasteiger partial charge >= 0.3 is 0 Å². The largest absolute Gasteiger partial charge is 0.497 e. The predicted molar refractivity (Wildman–Crippen MR) is 109 cm³/mol. The molecule has 1 aromatic heterocycles. The molecule has 146 valence electrons. The van der Waals surface area contributed by atoms with Crippen LogP contribution in [0.4, 0.5) is 0 Å². The second kappa shape index (κ2) is 7.82. The lowest BCUT2D eigenvalue weighted by atomic mass is 10.0. The number of aromatic nitrogens is 2. The first-order valence-corrected chi connectivity index (χ1v) is 9.34. The summed E-state index contributed by atoms with van der Waals surface area (Å²) in [5.74, 6) is 6.62. The molecule has 4 rings (SSSR count). The number of nitrogens with zero attached hydrogens (tertiary/aromatic N) is 2. The first-order valence-electron chi connectivity index (χ1n) is 9.34. The van der Waals surface area contributed by atoms with Crippen LogP contribution in [0.3, 0.4) is 0 Å². The zero-order valence-corrected chi connectivity index (χ0v) is 16.3. The van der Waals surface area contributed by atoms with Crippen molar-refractivity contribution in [2.45, 2.75) is 26.1 Å². The van der Waals surface area contributed by atoms with Gasteiger partial charge in [-0.3, -0.25) is 4.79 Å². The number of benzene rings is 2. The zero-order valence-electron chi connectivity index (χ0n) is 16.3. The molecule has 0 saturated carbocycles. The van der Waals surface area contributed by atoms with E-state index in [4.69, 9.17) is 20.3 Å². The molecular weight excluding hydrogens is 366 g/mol. The molecule has 0 saturated heterocycles. The van der Waals surface area contributed by atoms with E-state index in [0.717, 1.165) is 34.7 Å². The van der Waals surface area contributed by atoms with Crippen LogP contribution in [0.15, 0.2) is 48.5 Å². The number of hydrogen-bond donors (Lipinski definition) is 1. The summed E-state index contributed by atoms with van der Waals surface area (Å²) in [6.45, 7) is 2.54. The van der Waals surface area contributed by atoms with Gasteiger partial charge in [-0.25, -0.2) is 4.68 Å². The van der Waals surface area contributed by atoms with E-state index >= 15 is 0 Å². The molecule has 0 bridgehead atoms. The van der Waals surface area contributed by atoms with Crippen LogP contribution in [0.2, 0.25) is 0 Å². The summed E-state index contributed by atoms with van der Waals surface area (Å²) in [7, 11) is 1.65. The normalized spacial score (nSPS) is 15.2. The number of methoxy groups -OCH3 is 1. The van der Waals surface area contributed by atoms with Crippen molar-refractivity contribution in [3.8, 4) is 23.3 Å². The van der Waals surface area contributed by atoms with E-state index in [1.165, 1.54) is 0 Å². The first kappa shape index (κ1) is 18.8. The van der Waals surface area contributed by atoms with E-state index in [-0.39, 0.29) is 6.10 Å². The summed E-state index contributed by atoms with van der Waals surface area (Å²) < 4.78 is 13.0. The molecular formula is C23H21N3O3. The number of nitrogens with two attached hydrogens (primary N) is 1. The molecule has 0 aliphatic carbocycles. The minimum Gasteiger partial charge on any atom is -0.497 e. The van der Waals surface area contributed by atoms with Gasteiger partial charge in [0.15, 0.2) is 0 Å². The third-order valence-electron chi connectivity index (χ3n) is 4.89. The number of ether oxygens (including phenoxy) is 2. The van der Waals surface area contributed by atoms with Gasteiger partial charge in [0.2, 0.25) is 5.91 Å². The maximum atomic E-state index is 11.2. The second-order valence-corrected chi connectivity index (χ2v) is 6.90. The highest BCUT2D eigenvalue weighted by molar-refractivity contribution is 5.92. The summed E-state index contributed by atoms with van der Waals surface area (Å²) in [4.78, 5) is 11.2. The molecule has 2 N–H and O–H groups in total. The molecule has 3 aromatic rings. The van der Waals surface area contributed by atoms with Gasteiger partial charge in [0, 0.05) is 23.1 Å². The van der Waals surface area contributed by atoms with Crippen LogP contribution in [0.1, 0.15) is 39.8 Å². The van der Waals surface area contributed by atoms with Gasteiger partial charge in [-0.1, -0.05) is 5.92 Å². The van der Waals surface area contributed by atoms with Crippen molar-refractivity contribution in [3.63, 3.8) is 0 Å². The van der Waals surface area contributed by atoms with Crippen molar-refractivity contribution >= 4 is 5.91 Å². The smallest absolute Gasteiger partial charge is 0.248 e. The van der Waals surface area contributed by atoms with Gasteiger partial charge < -0.3 is 15.2 Å². The maximum absolute atomic E-state index is 11.2. The molecule has 1 aliphatic heterocycles. The molecule has 1 atom stereocenters. The highest BCUT2D eigenvalue weighted by Gasteiger charge is 2.24. The van der Waals surface area contributed by atoms with Gasteiger partial charge in [-0.05, 0) is 61.4 Å². The number of carbonyl (C=O) groups excluding carboxylic acids is 1. The van der Waals surface area contributed by atoms with Gasteiger partial charge in [0.25, 0.3) is 0 Å². The Kier molecular flexibility index (Phi) is 5.07. The van der Waals surface area contributed by atoms with E-state index in [0.29, 0.717) is 17.9 Å². The summed E-state index contributed by atoms with van der Waals surface area (Å²) in [5.41, 5.74) is 10.3. The zero-order chi connectivity index (χ0) is 20.4. The lowest BCUT2D eigenvalue weighted by Gasteiger charge is -2.20. The Labute approximate surface area is 169 Å². The molecule has 1 amide bonds. The molecule has 6 nitrogen and oxygen atoms in total. The van der Waals surface area contributed by atoms with Crippen LogP contribution in [0.5, 0.6) is 5.75 Å². The Hall–Kier alpha value is -3.56. The number of primary amides is 1. The van der Waals surface area contributed by atoms with E-state index in [1.807, 2.05) is 28.9 Å². The van der Waals surface area contributed by atoms with Crippen LogP contribution >= 0.6 is 0 Å². The predicted octanol–water partition coefficient (Wildman–Crippen LogP) is 2.84. The van der Waals surface area contributed by atoms with Crippen molar-refractivity contribution in [1.82, 2.24) is 9.78 Å². The van der Waals surface area contributed by atoms with E-state index < -0.39 is 5.91 Å². The Balaban J connectivity index is 1.72. The van der Waals surface area contributed by atoms with Crippen molar-refractivity contribution in [2.75, 3.05) is 7.11 Å². The van der Waals surface area contributed by atoms with Crippen molar-refractivity contribution in [1.29, 1.82) is 0 Å². The Morgan fingerprint density at radius 3 is 2.55 bits per heavy atom. The molecule has 0 spiro atoms. The number of rotatable bonds is 3. The minimum absolute atomic E-state index is 0.123. The fourth-order valence-electron chi connectivity index (χ4n) is 3.29. The third kappa shape index (κ3) is 3.86. The Morgan fingerprint density at radius 1 is 1.17 bits per heavy atom. The van der Waals surface area contributed by atoms with Crippen molar-refractivity contribution in [2.24, 2.45) is 5.73 Å². The molecule has 1 aliphatic rings. The molecule has 6 heteroatoms. The molecule has 2 heterocycles. The molecule has 29 heavy (non-hydrogen) atoms. The van der Waals surface area contributed by atoms with Crippen LogP contribution in [-0.2, 0) is 17.8 Å². The highest BCUT2D eigenvalue weighted by atomic mass is 16.5. The first-order chi connectivity index (χ1) is 14.0. The Bertz CT molecular complexity index is 1100. The van der Waals surface area contributed by atoms with Crippen LogP contribution < -0.4 is 10.5 Å². The number of amides is 1. The monoisotopic (exact) mass is 387 g/mol. The quantitative estimate of drug-likeness (QED) is 0.701. The average molecular weight is 387 g/mol. The third-order valence-corrected chi connectivity index (χ3v) is 4.89. The number of carbonyl (C=O) groups is 1. The maximum Gasteiger partial charge on any atom is 0.248 e. The van der Waals surface area contributed by atoms with Gasteiger partial charge in [0.05, 0.1) is 31.2 Å². The minimum atomic E-state index is -0.455. The summed E-state index contributed by atoms with van der Waals surface area (Å²) in [5, 5.41) is 4.76. The van der Waals surface area contributed by atoms with Gasteiger partial charge in [-0.2, -0.15) is 5.10 Å². The van der Waals surface area contributed by atoms with E-state index in [9.17, 15) is 4.79 Å². The van der Waals surface area contributed by atoms with Gasteiger partial charge in [-0.15, -0.1) is 0 Å². The summed E-state index contributed by atoms with van der Waals surface area (Å²) >= 11 is 0.